The maximum atomic E-state index is 13.0. The standard InChI is InChI=1S/C28H23F3N2O4S2/c1-36-23-14-19(15-24-26(35)33(27(38)39-24)13-12-18-6-3-2-4-7-18)10-11-22(23)37-17-25(34)32-21-9-5-8-20(16-21)28(29,30)31/h2-11,14-16H,12-13,17H2,1H3,(H,32,34)/b24-15-. The second-order valence-electron chi connectivity index (χ2n) is 8.39. The summed E-state index contributed by atoms with van der Waals surface area (Å²) in [5.41, 5.74) is 0.906. The molecule has 3 aromatic carbocycles. The zero-order valence-electron chi connectivity index (χ0n) is 20.7. The fourth-order valence-corrected chi connectivity index (χ4v) is 5.05. The number of anilines is 1. The van der Waals surface area contributed by atoms with Crippen LogP contribution in [0.3, 0.4) is 0 Å². The first-order valence-corrected chi connectivity index (χ1v) is 12.9. The van der Waals surface area contributed by atoms with E-state index in [2.05, 4.69) is 5.32 Å². The van der Waals surface area contributed by atoms with Gasteiger partial charge in [0.05, 0.1) is 17.6 Å². The van der Waals surface area contributed by atoms with E-state index >= 15 is 0 Å². The normalized spacial score (nSPS) is 14.6. The average Bonchev–Trinajstić information content (AvgIpc) is 3.18. The molecule has 0 unspecified atom stereocenters. The average molecular weight is 573 g/mol. The van der Waals surface area contributed by atoms with E-state index in [0.29, 0.717) is 33.5 Å². The van der Waals surface area contributed by atoms with Crippen LogP contribution < -0.4 is 14.8 Å². The molecule has 1 heterocycles. The SMILES string of the molecule is COc1cc(/C=C2\SC(=S)N(CCc3ccccc3)C2=O)ccc1OCC(=O)Nc1cccc(C(F)(F)F)c1. The number of nitrogens with zero attached hydrogens (tertiary/aromatic N) is 1. The van der Waals surface area contributed by atoms with Crippen molar-refractivity contribution >= 4 is 51.9 Å². The number of nitrogens with one attached hydrogen (secondary N) is 1. The van der Waals surface area contributed by atoms with Gasteiger partial charge in [0.2, 0.25) is 0 Å². The number of alkyl halides is 3. The fraction of sp³-hybridized carbons (Fsp3) is 0.179. The minimum atomic E-state index is -4.52. The number of halogens is 3. The molecule has 0 aromatic heterocycles. The second kappa shape index (κ2) is 12.4. The van der Waals surface area contributed by atoms with Gasteiger partial charge in [0.15, 0.2) is 18.1 Å². The highest BCUT2D eigenvalue weighted by atomic mass is 32.2. The number of thiocarbonyl (C=S) groups is 1. The highest BCUT2D eigenvalue weighted by molar-refractivity contribution is 8.26. The van der Waals surface area contributed by atoms with E-state index in [1.54, 1.807) is 29.2 Å². The second-order valence-corrected chi connectivity index (χ2v) is 10.1. The summed E-state index contributed by atoms with van der Waals surface area (Å²) in [6, 6.07) is 19.1. The smallest absolute Gasteiger partial charge is 0.416 e. The fourth-order valence-electron chi connectivity index (χ4n) is 3.74. The minimum absolute atomic E-state index is 0.00169. The molecule has 202 valence electrons. The molecule has 1 fully saturated rings. The Bertz CT molecular complexity index is 1410. The summed E-state index contributed by atoms with van der Waals surface area (Å²) in [4.78, 5) is 27.3. The van der Waals surface area contributed by atoms with Crippen LogP contribution in [0.25, 0.3) is 6.08 Å². The number of benzene rings is 3. The first kappa shape index (κ1) is 28.2. The molecule has 0 aliphatic carbocycles. The van der Waals surface area contributed by atoms with E-state index < -0.39 is 24.3 Å². The zero-order chi connectivity index (χ0) is 28.0. The number of hydrogen-bond donors (Lipinski definition) is 1. The Kier molecular flexibility index (Phi) is 8.93. The number of carbonyl (C=O) groups is 2. The summed E-state index contributed by atoms with van der Waals surface area (Å²) in [6.45, 7) is 0.0245. The van der Waals surface area contributed by atoms with Crippen molar-refractivity contribution in [3.63, 3.8) is 0 Å². The quantitative estimate of drug-likeness (QED) is 0.244. The van der Waals surface area contributed by atoms with Gasteiger partial charge in [-0.25, -0.2) is 0 Å². The third-order valence-corrected chi connectivity index (χ3v) is 7.04. The van der Waals surface area contributed by atoms with Gasteiger partial charge in [0.25, 0.3) is 11.8 Å². The van der Waals surface area contributed by atoms with Crippen LogP contribution in [0.15, 0.2) is 77.7 Å². The molecular weight excluding hydrogens is 549 g/mol. The van der Waals surface area contributed by atoms with E-state index in [1.807, 2.05) is 30.3 Å². The van der Waals surface area contributed by atoms with Gasteiger partial charge >= 0.3 is 6.18 Å². The van der Waals surface area contributed by atoms with Crippen LogP contribution in [0, 0.1) is 0 Å². The Morgan fingerprint density at radius 3 is 2.54 bits per heavy atom. The monoisotopic (exact) mass is 572 g/mol. The van der Waals surface area contributed by atoms with Crippen LogP contribution in [0.2, 0.25) is 0 Å². The molecule has 1 N–H and O–H groups in total. The summed E-state index contributed by atoms with van der Waals surface area (Å²) in [7, 11) is 1.43. The van der Waals surface area contributed by atoms with Gasteiger partial charge in [-0.1, -0.05) is 66.4 Å². The van der Waals surface area contributed by atoms with E-state index in [4.69, 9.17) is 21.7 Å². The molecule has 1 aliphatic heterocycles. The molecule has 0 radical (unpaired) electrons. The molecule has 39 heavy (non-hydrogen) atoms. The Balaban J connectivity index is 1.38. The van der Waals surface area contributed by atoms with E-state index in [1.165, 1.54) is 31.0 Å². The maximum Gasteiger partial charge on any atom is 0.416 e. The van der Waals surface area contributed by atoms with Crippen molar-refractivity contribution in [2.75, 3.05) is 25.6 Å². The first-order chi connectivity index (χ1) is 18.6. The van der Waals surface area contributed by atoms with E-state index in [-0.39, 0.29) is 17.3 Å². The highest BCUT2D eigenvalue weighted by Gasteiger charge is 2.32. The molecule has 3 aromatic rings. The van der Waals surface area contributed by atoms with Crippen molar-refractivity contribution in [1.29, 1.82) is 0 Å². The first-order valence-electron chi connectivity index (χ1n) is 11.7. The van der Waals surface area contributed by atoms with Crippen LogP contribution in [0.5, 0.6) is 11.5 Å². The van der Waals surface area contributed by atoms with Gasteiger partial charge in [0.1, 0.15) is 4.32 Å². The number of hydrogen-bond acceptors (Lipinski definition) is 6. The van der Waals surface area contributed by atoms with Crippen LogP contribution in [0.4, 0.5) is 18.9 Å². The molecule has 0 saturated carbocycles. The zero-order valence-corrected chi connectivity index (χ0v) is 22.3. The summed E-state index contributed by atoms with van der Waals surface area (Å²) in [5.74, 6) is -0.245. The van der Waals surface area contributed by atoms with Gasteiger partial charge in [-0.2, -0.15) is 13.2 Å². The molecule has 11 heteroatoms. The number of ether oxygens (including phenoxy) is 2. The lowest BCUT2D eigenvalue weighted by molar-refractivity contribution is -0.137. The third-order valence-electron chi connectivity index (χ3n) is 5.66. The lowest BCUT2D eigenvalue weighted by Gasteiger charge is -2.14. The van der Waals surface area contributed by atoms with Crippen molar-refractivity contribution < 1.29 is 32.2 Å². The molecular formula is C28H23F3N2O4S2. The van der Waals surface area contributed by atoms with Crippen molar-refractivity contribution in [2.24, 2.45) is 0 Å². The summed E-state index contributed by atoms with van der Waals surface area (Å²) in [5, 5.41) is 2.38. The van der Waals surface area contributed by atoms with Crippen LogP contribution in [-0.4, -0.2) is 41.3 Å². The predicted molar refractivity (Wildman–Crippen MR) is 149 cm³/mol. The van der Waals surface area contributed by atoms with Gasteiger partial charge < -0.3 is 14.8 Å². The number of amides is 2. The van der Waals surface area contributed by atoms with Crippen molar-refractivity contribution in [3.05, 3.63) is 94.4 Å². The van der Waals surface area contributed by atoms with Crippen molar-refractivity contribution in [2.45, 2.75) is 12.6 Å². The lowest BCUT2D eigenvalue weighted by Crippen LogP contribution is -2.30. The number of methoxy groups -OCH3 is 1. The third kappa shape index (κ3) is 7.39. The molecule has 6 nitrogen and oxygen atoms in total. The molecule has 0 spiro atoms. The van der Waals surface area contributed by atoms with Crippen LogP contribution >= 0.6 is 24.0 Å². The van der Waals surface area contributed by atoms with E-state index in [9.17, 15) is 22.8 Å². The van der Waals surface area contributed by atoms with E-state index in [0.717, 1.165) is 17.7 Å². The van der Waals surface area contributed by atoms with Crippen molar-refractivity contribution in [1.82, 2.24) is 4.90 Å². The molecule has 1 aliphatic rings. The summed E-state index contributed by atoms with van der Waals surface area (Å²) in [6.07, 6.45) is -2.13. The van der Waals surface area contributed by atoms with Crippen molar-refractivity contribution in [3.8, 4) is 11.5 Å². The summed E-state index contributed by atoms with van der Waals surface area (Å²) < 4.78 is 50.1. The molecule has 4 rings (SSSR count). The minimum Gasteiger partial charge on any atom is -0.493 e. The largest absolute Gasteiger partial charge is 0.493 e. The Morgan fingerprint density at radius 1 is 1.05 bits per heavy atom. The number of rotatable bonds is 9. The van der Waals surface area contributed by atoms with Gasteiger partial charge in [-0.05, 0) is 54.0 Å². The number of carbonyl (C=O) groups excluding carboxylic acids is 2. The molecule has 0 atom stereocenters. The maximum absolute atomic E-state index is 13.0. The molecule has 1 saturated heterocycles. The Labute approximate surface area is 232 Å². The summed E-state index contributed by atoms with van der Waals surface area (Å²) >= 11 is 6.64. The topological polar surface area (TPSA) is 67.9 Å². The Morgan fingerprint density at radius 2 is 1.82 bits per heavy atom. The van der Waals surface area contributed by atoms with Gasteiger partial charge in [-0.3, -0.25) is 14.5 Å². The van der Waals surface area contributed by atoms with Crippen LogP contribution in [-0.2, 0) is 22.2 Å². The molecule has 2 amide bonds. The Hall–Kier alpha value is -3.83. The molecule has 0 bridgehead atoms. The van der Waals surface area contributed by atoms with Gasteiger partial charge in [-0.15, -0.1) is 0 Å². The highest BCUT2D eigenvalue weighted by Crippen LogP contribution is 2.35. The van der Waals surface area contributed by atoms with Gasteiger partial charge in [0, 0.05) is 12.2 Å². The predicted octanol–water partition coefficient (Wildman–Crippen LogP) is 6.18. The van der Waals surface area contributed by atoms with Crippen LogP contribution in [0.1, 0.15) is 16.7 Å². The number of thioether (sulfide) groups is 1. The lowest BCUT2D eigenvalue weighted by atomic mass is 10.1.